The van der Waals surface area contributed by atoms with Crippen molar-refractivity contribution in [3.05, 3.63) is 81.9 Å². The van der Waals surface area contributed by atoms with Crippen molar-refractivity contribution in [2.45, 2.75) is 45.1 Å². The van der Waals surface area contributed by atoms with Crippen LogP contribution < -0.4 is 15.2 Å². The van der Waals surface area contributed by atoms with Crippen molar-refractivity contribution >= 4 is 11.9 Å². The van der Waals surface area contributed by atoms with E-state index in [0.717, 1.165) is 46.6 Å². The van der Waals surface area contributed by atoms with E-state index in [4.69, 9.17) is 19.9 Å². The SMILES string of the molecule is COC(=O)CC1COc2cc(OC3CCc4c(-c5c(C)cc(C(N)=O)cc5C)cccc43)ccc21. The Morgan fingerprint density at radius 1 is 1.06 bits per heavy atom. The molecule has 0 radical (unpaired) electrons. The number of esters is 1. The molecule has 1 aliphatic carbocycles. The molecule has 2 atom stereocenters. The molecule has 6 heteroatoms. The smallest absolute Gasteiger partial charge is 0.306 e. The molecule has 0 saturated heterocycles. The summed E-state index contributed by atoms with van der Waals surface area (Å²) in [5.41, 5.74) is 13.9. The first kappa shape index (κ1) is 23.0. The fraction of sp³-hybridized carbons (Fsp3) is 0.310. The van der Waals surface area contributed by atoms with E-state index < -0.39 is 5.91 Å². The molecule has 0 aromatic heterocycles. The Labute approximate surface area is 205 Å². The van der Waals surface area contributed by atoms with Crippen molar-refractivity contribution in [3.8, 4) is 22.6 Å². The molecule has 1 amide bonds. The van der Waals surface area contributed by atoms with E-state index in [1.165, 1.54) is 23.8 Å². The summed E-state index contributed by atoms with van der Waals surface area (Å²) < 4.78 is 17.1. The van der Waals surface area contributed by atoms with Crippen LogP contribution in [0.15, 0.2) is 48.5 Å². The van der Waals surface area contributed by atoms with Crippen LogP contribution in [0.25, 0.3) is 11.1 Å². The van der Waals surface area contributed by atoms with Crippen LogP contribution in [0, 0.1) is 13.8 Å². The number of methoxy groups -OCH3 is 1. The zero-order valence-corrected chi connectivity index (χ0v) is 20.2. The highest BCUT2D eigenvalue weighted by Crippen LogP contribution is 2.44. The van der Waals surface area contributed by atoms with E-state index in [1.807, 2.05) is 44.2 Å². The molecule has 1 heterocycles. The van der Waals surface area contributed by atoms with Gasteiger partial charge in [-0.25, -0.2) is 0 Å². The third-order valence-electron chi connectivity index (χ3n) is 7.09. The molecule has 3 aromatic carbocycles. The molecule has 2 unspecified atom stereocenters. The largest absolute Gasteiger partial charge is 0.492 e. The molecule has 0 saturated carbocycles. The lowest BCUT2D eigenvalue weighted by molar-refractivity contribution is -0.141. The van der Waals surface area contributed by atoms with Crippen LogP contribution in [0.2, 0.25) is 0 Å². The third-order valence-corrected chi connectivity index (χ3v) is 7.09. The summed E-state index contributed by atoms with van der Waals surface area (Å²) in [6.45, 7) is 4.51. The summed E-state index contributed by atoms with van der Waals surface area (Å²) in [5.74, 6) is 0.881. The summed E-state index contributed by atoms with van der Waals surface area (Å²) in [6, 6.07) is 15.9. The van der Waals surface area contributed by atoms with Crippen LogP contribution in [0.5, 0.6) is 11.5 Å². The quantitative estimate of drug-likeness (QED) is 0.501. The van der Waals surface area contributed by atoms with E-state index in [0.29, 0.717) is 18.6 Å². The molecule has 2 N–H and O–H groups in total. The van der Waals surface area contributed by atoms with Crippen molar-refractivity contribution in [3.63, 3.8) is 0 Å². The molecule has 1 aliphatic heterocycles. The number of carbonyl (C=O) groups is 2. The predicted octanol–water partition coefficient (Wildman–Crippen LogP) is 5.17. The van der Waals surface area contributed by atoms with E-state index in [2.05, 4.69) is 18.2 Å². The second kappa shape index (κ2) is 9.10. The number of ether oxygens (including phenoxy) is 3. The molecule has 0 fully saturated rings. The number of benzene rings is 3. The highest BCUT2D eigenvalue weighted by Gasteiger charge is 2.30. The molecular formula is C29H29NO5. The van der Waals surface area contributed by atoms with Gasteiger partial charge in [0.2, 0.25) is 5.91 Å². The summed E-state index contributed by atoms with van der Waals surface area (Å²) in [6.07, 6.45) is 2.05. The number of nitrogens with two attached hydrogens (primary N) is 1. The maximum absolute atomic E-state index is 11.7. The van der Waals surface area contributed by atoms with Gasteiger partial charge in [-0.05, 0) is 78.3 Å². The monoisotopic (exact) mass is 471 g/mol. The molecule has 180 valence electrons. The molecule has 6 nitrogen and oxygen atoms in total. The molecule has 2 aliphatic rings. The molecule has 5 rings (SSSR count). The minimum atomic E-state index is -0.413. The highest BCUT2D eigenvalue weighted by atomic mass is 16.5. The Balaban J connectivity index is 1.40. The number of hydrogen-bond donors (Lipinski definition) is 1. The molecule has 0 spiro atoms. The van der Waals surface area contributed by atoms with Crippen LogP contribution in [0.1, 0.15) is 63.0 Å². The lowest BCUT2D eigenvalue weighted by Crippen LogP contribution is -2.11. The number of fused-ring (bicyclic) bond motifs is 2. The first-order valence-corrected chi connectivity index (χ1v) is 11.9. The van der Waals surface area contributed by atoms with Crippen molar-refractivity contribution < 1.29 is 23.8 Å². The summed E-state index contributed by atoms with van der Waals surface area (Å²) >= 11 is 0. The number of carbonyl (C=O) groups excluding carboxylic acids is 2. The van der Waals surface area contributed by atoms with Gasteiger partial charge in [-0.15, -0.1) is 0 Å². The maximum atomic E-state index is 11.7. The minimum absolute atomic E-state index is 0.00805. The van der Waals surface area contributed by atoms with Gasteiger partial charge in [0.15, 0.2) is 0 Å². The Morgan fingerprint density at radius 3 is 2.54 bits per heavy atom. The van der Waals surface area contributed by atoms with Gasteiger partial charge < -0.3 is 19.9 Å². The van der Waals surface area contributed by atoms with Crippen molar-refractivity contribution in [2.75, 3.05) is 13.7 Å². The van der Waals surface area contributed by atoms with Crippen molar-refractivity contribution in [2.24, 2.45) is 5.73 Å². The average molecular weight is 472 g/mol. The summed E-state index contributed by atoms with van der Waals surface area (Å²) in [7, 11) is 1.40. The predicted molar refractivity (Wildman–Crippen MR) is 133 cm³/mol. The Morgan fingerprint density at radius 2 is 1.83 bits per heavy atom. The van der Waals surface area contributed by atoms with E-state index >= 15 is 0 Å². The van der Waals surface area contributed by atoms with E-state index in [1.54, 1.807) is 0 Å². The zero-order chi connectivity index (χ0) is 24.7. The Hall–Kier alpha value is -3.80. The van der Waals surface area contributed by atoms with Crippen molar-refractivity contribution in [1.82, 2.24) is 0 Å². The number of aryl methyl sites for hydroxylation is 2. The second-order valence-corrected chi connectivity index (χ2v) is 9.36. The number of amides is 1. The van der Waals surface area contributed by atoms with Gasteiger partial charge in [0, 0.05) is 23.1 Å². The maximum Gasteiger partial charge on any atom is 0.306 e. The molecular weight excluding hydrogens is 442 g/mol. The van der Waals surface area contributed by atoms with Crippen molar-refractivity contribution in [1.29, 1.82) is 0 Å². The molecule has 3 aromatic rings. The van der Waals surface area contributed by atoms with Crippen LogP contribution >= 0.6 is 0 Å². The Kier molecular flexibility index (Phi) is 5.97. The van der Waals surface area contributed by atoms with Gasteiger partial charge in [-0.1, -0.05) is 24.3 Å². The highest BCUT2D eigenvalue weighted by molar-refractivity contribution is 5.94. The van der Waals surface area contributed by atoms with Crippen LogP contribution in [0.3, 0.4) is 0 Å². The Bertz CT molecular complexity index is 1310. The number of rotatable bonds is 6. The van der Waals surface area contributed by atoms with Gasteiger partial charge in [-0.2, -0.15) is 0 Å². The summed E-state index contributed by atoms with van der Waals surface area (Å²) in [5, 5.41) is 0. The van der Waals surface area contributed by atoms with Gasteiger partial charge >= 0.3 is 5.97 Å². The van der Waals surface area contributed by atoms with Gasteiger partial charge in [0.05, 0.1) is 20.1 Å². The van der Waals surface area contributed by atoms with Gasteiger partial charge in [-0.3, -0.25) is 9.59 Å². The second-order valence-electron chi connectivity index (χ2n) is 9.36. The number of primary amides is 1. The first-order chi connectivity index (χ1) is 16.9. The van der Waals surface area contributed by atoms with Gasteiger partial charge in [0.25, 0.3) is 0 Å². The average Bonchev–Trinajstić information content (AvgIpc) is 3.43. The lowest BCUT2D eigenvalue weighted by atomic mass is 9.89. The lowest BCUT2D eigenvalue weighted by Gasteiger charge is -2.18. The first-order valence-electron chi connectivity index (χ1n) is 11.9. The summed E-state index contributed by atoms with van der Waals surface area (Å²) in [4.78, 5) is 23.4. The molecule has 35 heavy (non-hydrogen) atoms. The topological polar surface area (TPSA) is 87.8 Å². The normalized spacial score (nSPS) is 17.9. The third kappa shape index (κ3) is 4.25. The fourth-order valence-electron chi connectivity index (χ4n) is 5.45. The number of hydrogen-bond acceptors (Lipinski definition) is 5. The standard InChI is InChI=1S/C29H29NO5/c1-16-11-18(29(30)32)12-17(2)28(16)24-6-4-5-23-22(24)9-10-25(23)35-20-7-8-21-19(13-27(31)33-3)15-34-26(21)14-20/h4-8,11-12,14,19,25H,9-10,13,15H2,1-3H3,(H2,30,32). The van der Waals surface area contributed by atoms with Gasteiger partial charge in [0.1, 0.15) is 17.6 Å². The van der Waals surface area contributed by atoms with E-state index in [-0.39, 0.29) is 18.0 Å². The molecule has 0 bridgehead atoms. The van der Waals surface area contributed by atoms with Crippen LogP contribution in [-0.4, -0.2) is 25.6 Å². The van der Waals surface area contributed by atoms with Crippen LogP contribution in [0.4, 0.5) is 0 Å². The fourth-order valence-corrected chi connectivity index (χ4v) is 5.45. The zero-order valence-electron chi connectivity index (χ0n) is 20.2. The van der Waals surface area contributed by atoms with Crippen LogP contribution in [-0.2, 0) is 16.0 Å². The van der Waals surface area contributed by atoms with E-state index in [9.17, 15) is 9.59 Å². The minimum Gasteiger partial charge on any atom is -0.492 e.